The standard InChI is InChI=1S/C16H20ClN3O3/c1-10-6-7-11(9-12(10)17)18-13(21)5-4-8-20-14(22)16(2,3)19-15(20)23/h6-7,9H,4-5,8H2,1-3H3,(H,18,21)(H,19,23). The summed E-state index contributed by atoms with van der Waals surface area (Å²) in [5.74, 6) is -0.454. The lowest BCUT2D eigenvalue weighted by Crippen LogP contribution is -2.40. The largest absolute Gasteiger partial charge is 0.326 e. The van der Waals surface area contributed by atoms with Crippen LogP contribution in [0.3, 0.4) is 0 Å². The number of benzene rings is 1. The molecule has 1 saturated heterocycles. The molecule has 0 aromatic heterocycles. The van der Waals surface area contributed by atoms with Gasteiger partial charge in [-0.1, -0.05) is 17.7 Å². The van der Waals surface area contributed by atoms with Gasteiger partial charge in [0.1, 0.15) is 5.54 Å². The smallest absolute Gasteiger partial charge is 0.325 e. The molecule has 1 aliphatic rings. The first kappa shape index (κ1) is 17.3. The van der Waals surface area contributed by atoms with Crippen LogP contribution in [0, 0.1) is 6.92 Å². The van der Waals surface area contributed by atoms with E-state index in [1.807, 2.05) is 13.0 Å². The first-order valence-corrected chi connectivity index (χ1v) is 7.78. The zero-order chi connectivity index (χ0) is 17.2. The van der Waals surface area contributed by atoms with E-state index >= 15 is 0 Å². The van der Waals surface area contributed by atoms with Gasteiger partial charge in [-0.05, 0) is 44.9 Å². The molecule has 0 bridgehead atoms. The Morgan fingerprint density at radius 1 is 1.35 bits per heavy atom. The third-order valence-electron chi connectivity index (χ3n) is 3.69. The number of nitrogens with zero attached hydrogens (tertiary/aromatic N) is 1. The minimum atomic E-state index is -0.877. The summed E-state index contributed by atoms with van der Waals surface area (Å²) in [5, 5.41) is 5.94. The number of rotatable bonds is 5. The van der Waals surface area contributed by atoms with Gasteiger partial charge in [-0.25, -0.2) is 4.79 Å². The normalized spacial score (nSPS) is 16.4. The van der Waals surface area contributed by atoms with Gasteiger partial charge in [-0.2, -0.15) is 0 Å². The highest BCUT2D eigenvalue weighted by Crippen LogP contribution is 2.20. The van der Waals surface area contributed by atoms with E-state index in [0.717, 1.165) is 10.5 Å². The molecule has 1 heterocycles. The van der Waals surface area contributed by atoms with Crippen molar-refractivity contribution in [2.75, 3.05) is 11.9 Å². The Kier molecular flexibility index (Phi) is 4.94. The van der Waals surface area contributed by atoms with E-state index in [-0.39, 0.29) is 24.8 Å². The highest BCUT2D eigenvalue weighted by molar-refractivity contribution is 6.31. The average Bonchev–Trinajstić information content (AvgIpc) is 2.64. The van der Waals surface area contributed by atoms with Crippen molar-refractivity contribution in [2.45, 2.75) is 39.2 Å². The molecule has 2 rings (SSSR count). The van der Waals surface area contributed by atoms with Crippen molar-refractivity contribution in [1.29, 1.82) is 0 Å². The van der Waals surface area contributed by atoms with Gasteiger partial charge in [-0.15, -0.1) is 0 Å². The molecule has 0 radical (unpaired) electrons. The van der Waals surface area contributed by atoms with Crippen LogP contribution >= 0.6 is 11.6 Å². The van der Waals surface area contributed by atoms with Crippen molar-refractivity contribution in [2.24, 2.45) is 0 Å². The Hall–Kier alpha value is -2.08. The Morgan fingerprint density at radius 2 is 2.04 bits per heavy atom. The third-order valence-corrected chi connectivity index (χ3v) is 4.09. The van der Waals surface area contributed by atoms with Gasteiger partial charge >= 0.3 is 6.03 Å². The molecular formula is C16H20ClN3O3. The van der Waals surface area contributed by atoms with Crippen LogP contribution in [0.5, 0.6) is 0 Å². The number of hydrogen-bond acceptors (Lipinski definition) is 3. The number of aryl methyl sites for hydroxylation is 1. The molecule has 1 fully saturated rings. The summed E-state index contributed by atoms with van der Waals surface area (Å²) in [6.45, 7) is 5.41. The lowest BCUT2D eigenvalue weighted by Gasteiger charge is -2.15. The van der Waals surface area contributed by atoms with Crippen LogP contribution in [0.15, 0.2) is 18.2 Å². The maximum Gasteiger partial charge on any atom is 0.325 e. The van der Waals surface area contributed by atoms with Crippen molar-refractivity contribution >= 4 is 35.1 Å². The van der Waals surface area contributed by atoms with E-state index in [1.165, 1.54) is 0 Å². The molecule has 2 N–H and O–H groups in total. The minimum absolute atomic E-state index is 0.184. The van der Waals surface area contributed by atoms with Crippen molar-refractivity contribution in [1.82, 2.24) is 10.2 Å². The van der Waals surface area contributed by atoms with Crippen LogP contribution in [-0.4, -0.2) is 34.8 Å². The fraction of sp³-hybridized carbons (Fsp3) is 0.438. The fourth-order valence-electron chi connectivity index (χ4n) is 2.31. The van der Waals surface area contributed by atoms with Crippen molar-refractivity contribution in [3.05, 3.63) is 28.8 Å². The molecule has 1 aromatic rings. The summed E-state index contributed by atoms with van der Waals surface area (Å²) in [5.41, 5.74) is 0.686. The lowest BCUT2D eigenvalue weighted by atomic mass is 10.1. The van der Waals surface area contributed by atoms with E-state index < -0.39 is 11.6 Å². The predicted molar refractivity (Wildman–Crippen MR) is 88.4 cm³/mol. The molecule has 6 nitrogen and oxygen atoms in total. The van der Waals surface area contributed by atoms with Crippen molar-refractivity contribution in [3.63, 3.8) is 0 Å². The van der Waals surface area contributed by atoms with E-state index in [1.54, 1.807) is 26.0 Å². The zero-order valence-electron chi connectivity index (χ0n) is 13.4. The van der Waals surface area contributed by atoms with Crippen LogP contribution in [0.4, 0.5) is 10.5 Å². The second-order valence-electron chi connectivity index (χ2n) is 6.13. The average molecular weight is 338 g/mol. The molecular weight excluding hydrogens is 318 g/mol. The topological polar surface area (TPSA) is 78.5 Å². The van der Waals surface area contributed by atoms with Crippen molar-refractivity contribution < 1.29 is 14.4 Å². The van der Waals surface area contributed by atoms with Gasteiger partial charge in [0.15, 0.2) is 0 Å². The number of amides is 4. The molecule has 124 valence electrons. The number of imide groups is 1. The van der Waals surface area contributed by atoms with Gasteiger partial charge in [0.25, 0.3) is 5.91 Å². The van der Waals surface area contributed by atoms with E-state index in [0.29, 0.717) is 17.1 Å². The first-order chi connectivity index (χ1) is 10.7. The summed E-state index contributed by atoms with van der Waals surface area (Å²) in [7, 11) is 0. The predicted octanol–water partition coefficient (Wildman–Crippen LogP) is 2.70. The van der Waals surface area contributed by atoms with Gasteiger partial charge < -0.3 is 10.6 Å². The molecule has 0 unspecified atom stereocenters. The summed E-state index contributed by atoms with van der Waals surface area (Å²) in [4.78, 5) is 36.8. The van der Waals surface area contributed by atoms with Crippen molar-refractivity contribution in [3.8, 4) is 0 Å². The van der Waals surface area contributed by atoms with Crippen LogP contribution in [0.2, 0.25) is 5.02 Å². The molecule has 1 aromatic carbocycles. The Labute approximate surface area is 140 Å². The van der Waals surface area contributed by atoms with Gasteiger partial charge in [0.2, 0.25) is 5.91 Å². The summed E-state index contributed by atoms with van der Waals surface area (Å²) >= 11 is 6.01. The number of urea groups is 1. The van der Waals surface area contributed by atoms with Crippen LogP contribution < -0.4 is 10.6 Å². The monoisotopic (exact) mass is 337 g/mol. The van der Waals surface area contributed by atoms with Crippen LogP contribution in [-0.2, 0) is 9.59 Å². The quantitative estimate of drug-likeness (QED) is 0.811. The van der Waals surface area contributed by atoms with Crippen LogP contribution in [0.1, 0.15) is 32.3 Å². The highest BCUT2D eigenvalue weighted by atomic mass is 35.5. The summed E-state index contributed by atoms with van der Waals surface area (Å²) in [6.07, 6.45) is 0.615. The molecule has 23 heavy (non-hydrogen) atoms. The van der Waals surface area contributed by atoms with Gasteiger partial charge in [0, 0.05) is 23.7 Å². The molecule has 0 aliphatic carbocycles. The molecule has 7 heteroatoms. The molecule has 0 spiro atoms. The second kappa shape index (κ2) is 6.58. The summed E-state index contributed by atoms with van der Waals surface area (Å²) < 4.78 is 0. The molecule has 1 aliphatic heterocycles. The molecule has 0 atom stereocenters. The lowest BCUT2D eigenvalue weighted by molar-refractivity contribution is -0.130. The number of carbonyl (C=O) groups is 3. The number of nitrogens with one attached hydrogen (secondary N) is 2. The number of anilines is 1. The van der Waals surface area contributed by atoms with Gasteiger partial charge in [0.05, 0.1) is 0 Å². The Morgan fingerprint density at radius 3 is 2.61 bits per heavy atom. The SMILES string of the molecule is Cc1ccc(NC(=O)CCCN2C(=O)NC(C)(C)C2=O)cc1Cl. The zero-order valence-corrected chi connectivity index (χ0v) is 14.2. The Balaban J connectivity index is 1.82. The molecule has 4 amide bonds. The third kappa shape index (κ3) is 4.01. The number of hydrogen-bond donors (Lipinski definition) is 2. The first-order valence-electron chi connectivity index (χ1n) is 7.41. The van der Waals surface area contributed by atoms with Crippen LogP contribution in [0.25, 0.3) is 0 Å². The molecule has 0 saturated carbocycles. The Bertz CT molecular complexity index is 658. The second-order valence-corrected chi connectivity index (χ2v) is 6.53. The van der Waals surface area contributed by atoms with E-state index in [2.05, 4.69) is 10.6 Å². The minimum Gasteiger partial charge on any atom is -0.326 e. The van der Waals surface area contributed by atoms with E-state index in [4.69, 9.17) is 11.6 Å². The fourth-order valence-corrected chi connectivity index (χ4v) is 2.49. The van der Waals surface area contributed by atoms with Gasteiger partial charge in [-0.3, -0.25) is 14.5 Å². The highest BCUT2D eigenvalue weighted by Gasteiger charge is 2.43. The number of halogens is 1. The van der Waals surface area contributed by atoms with E-state index in [9.17, 15) is 14.4 Å². The maximum absolute atomic E-state index is 12.0. The maximum atomic E-state index is 12.0. The number of carbonyl (C=O) groups excluding carboxylic acids is 3. The summed E-state index contributed by atoms with van der Waals surface area (Å²) in [6, 6.07) is 4.88.